The summed E-state index contributed by atoms with van der Waals surface area (Å²) < 4.78 is 4.96. The van der Waals surface area contributed by atoms with Crippen LogP contribution in [0.15, 0.2) is 12.7 Å². The Kier molecular flexibility index (Phi) is 5.60. The van der Waals surface area contributed by atoms with Crippen molar-refractivity contribution in [1.29, 1.82) is 0 Å². The summed E-state index contributed by atoms with van der Waals surface area (Å²) in [6.07, 6.45) is 2.46. The van der Waals surface area contributed by atoms with Crippen molar-refractivity contribution in [3.8, 4) is 0 Å². The maximum Gasteiger partial charge on any atom is 0.319 e. The normalized spacial score (nSPS) is 13.5. The molecular weight excluding hydrogens is 279 g/mol. The number of carbonyl (C=O) groups excluding carboxylic acids is 1. The number of hydrogen-bond acceptors (Lipinski definition) is 2. The van der Waals surface area contributed by atoms with Crippen LogP contribution in [-0.2, 0) is 9.53 Å². The standard InChI is InChI=1S/C10H17IO2/c1-5-6-7-13-9(12)8(11)10(2,3)4/h5,8H,1,6-7H2,2-4H3. The van der Waals surface area contributed by atoms with Crippen LogP contribution in [0.3, 0.4) is 0 Å². The van der Waals surface area contributed by atoms with E-state index >= 15 is 0 Å². The third-order valence-electron chi connectivity index (χ3n) is 1.53. The molecule has 2 nitrogen and oxygen atoms in total. The SMILES string of the molecule is C=CCCOC(=O)C(I)C(C)(C)C. The van der Waals surface area contributed by atoms with Crippen molar-refractivity contribution in [2.24, 2.45) is 5.41 Å². The zero-order valence-corrected chi connectivity index (χ0v) is 10.6. The van der Waals surface area contributed by atoms with Crippen molar-refractivity contribution >= 4 is 28.6 Å². The molecule has 0 aromatic heterocycles. The first-order valence-corrected chi connectivity index (χ1v) is 5.55. The second kappa shape index (κ2) is 5.62. The third kappa shape index (κ3) is 5.29. The van der Waals surface area contributed by atoms with Crippen LogP contribution in [0.1, 0.15) is 27.2 Å². The number of halogens is 1. The monoisotopic (exact) mass is 296 g/mol. The van der Waals surface area contributed by atoms with E-state index in [9.17, 15) is 4.79 Å². The third-order valence-corrected chi connectivity index (χ3v) is 3.91. The molecule has 0 heterocycles. The van der Waals surface area contributed by atoms with Crippen LogP contribution in [0.5, 0.6) is 0 Å². The zero-order chi connectivity index (χ0) is 10.5. The van der Waals surface area contributed by atoms with Crippen molar-refractivity contribution in [1.82, 2.24) is 0 Å². The molecular formula is C10H17IO2. The molecule has 0 N–H and O–H groups in total. The van der Waals surface area contributed by atoms with Gasteiger partial charge in [-0.25, -0.2) is 0 Å². The van der Waals surface area contributed by atoms with Crippen LogP contribution in [0, 0.1) is 5.41 Å². The first-order valence-electron chi connectivity index (χ1n) is 4.31. The molecule has 0 aliphatic heterocycles. The molecule has 3 heteroatoms. The lowest BCUT2D eigenvalue weighted by Gasteiger charge is -2.23. The maximum absolute atomic E-state index is 11.4. The highest BCUT2D eigenvalue weighted by atomic mass is 127. The molecule has 0 bridgehead atoms. The summed E-state index contributed by atoms with van der Waals surface area (Å²) in [4.78, 5) is 11.4. The summed E-state index contributed by atoms with van der Waals surface area (Å²) in [7, 11) is 0. The molecule has 0 spiro atoms. The summed E-state index contributed by atoms with van der Waals surface area (Å²) in [5.41, 5.74) is -0.0359. The highest BCUT2D eigenvalue weighted by Crippen LogP contribution is 2.27. The number of ether oxygens (including phenoxy) is 1. The van der Waals surface area contributed by atoms with E-state index in [2.05, 4.69) is 29.2 Å². The molecule has 0 radical (unpaired) electrons. The highest BCUT2D eigenvalue weighted by Gasteiger charge is 2.29. The predicted octanol–water partition coefficient (Wildman–Crippen LogP) is 2.96. The Labute approximate surface area is 93.9 Å². The fourth-order valence-corrected chi connectivity index (χ4v) is 0.849. The van der Waals surface area contributed by atoms with Crippen molar-refractivity contribution in [2.75, 3.05) is 6.61 Å². The quantitative estimate of drug-likeness (QED) is 0.262. The minimum atomic E-state index is -0.130. The van der Waals surface area contributed by atoms with Crippen LogP contribution in [-0.4, -0.2) is 16.5 Å². The summed E-state index contributed by atoms with van der Waals surface area (Å²) in [6, 6.07) is 0. The van der Waals surface area contributed by atoms with Crippen LogP contribution >= 0.6 is 22.6 Å². The van der Waals surface area contributed by atoms with Gasteiger partial charge in [-0.1, -0.05) is 49.4 Å². The van der Waals surface area contributed by atoms with Gasteiger partial charge in [-0.3, -0.25) is 4.79 Å². The second-order valence-corrected chi connectivity index (χ2v) is 5.22. The van der Waals surface area contributed by atoms with E-state index in [1.165, 1.54) is 0 Å². The Morgan fingerprint density at radius 2 is 2.15 bits per heavy atom. The molecule has 0 amide bonds. The van der Waals surface area contributed by atoms with E-state index in [0.29, 0.717) is 6.61 Å². The van der Waals surface area contributed by atoms with Crippen molar-refractivity contribution in [2.45, 2.75) is 31.1 Å². The van der Waals surface area contributed by atoms with Gasteiger partial charge in [0, 0.05) is 0 Å². The molecule has 0 aliphatic rings. The number of alkyl halides is 1. The molecule has 1 atom stereocenters. The lowest BCUT2D eigenvalue weighted by atomic mass is 9.92. The Morgan fingerprint density at radius 3 is 2.54 bits per heavy atom. The lowest BCUT2D eigenvalue weighted by Crippen LogP contribution is -2.30. The van der Waals surface area contributed by atoms with E-state index in [1.807, 2.05) is 20.8 Å². The molecule has 0 saturated carbocycles. The van der Waals surface area contributed by atoms with Gasteiger partial charge in [0.25, 0.3) is 0 Å². The van der Waals surface area contributed by atoms with Gasteiger partial charge in [0.1, 0.15) is 3.92 Å². The lowest BCUT2D eigenvalue weighted by molar-refractivity contribution is -0.144. The van der Waals surface area contributed by atoms with Crippen molar-refractivity contribution < 1.29 is 9.53 Å². The van der Waals surface area contributed by atoms with E-state index < -0.39 is 0 Å². The number of hydrogen-bond donors (Lipinski definition) is 0. The Balaban J connectivity index is 3.90. The second-order valence-electron chi connectivity index (χ2n) is 3.97. The van der Waals surface area contributed by atoms with Gasteiger partial charge in [-0.05, 0) is 11.8 Å². The molecule has 0 aromatic rings. The topological polar surface area (TPSA) is 26.3 Å². The minimum absolute atomic E-state index is 0.0359. The van der Waals surface area contributed by atoms with Crippen molar-refractivity contribution in [3.63, 3.8) is 0 Å². The maximum atomic E-state index is 11.4. The molecule has 0 aromatic carbocycles. The molecule has 76 valence electrons. The summed E-state index contributed by atoms with van der Waals surface area (Å²) in [5, 5.41) is 0. The molecule has 0 rings (SSSR count). The fraction of sp³-hybridized carbons (Fsp3) is 0.700. The molecule has 13 heavy (non-hydrogen) atoms. The first kappa shape index (κ1) is 12.9. The van der Waals surface area contributed by atoms with Gasteiger partial charge in [0.05, 0.1) is 6.61 Å². The summed E-state index contributed by atoms with van der Waals surface area (Å²) >= 11 is 2.13. The Morgan fingerprint density at radius 1 is 1.62 bits per heavy atom. The van der Waals surface area contributed by atoms with Crippen LogP contribution in [0.2, 0.25) is 0 Å². The molecule has 0 saturated heterocycles. The van der Waals surface area contributed by atoms with E-state index in [4.69, 9.17) is 4.74 Å². The van der Waals surface area contributed by atoms with Gasteiger partial charge in [0.15, 0.2) is 0 Å². The van der Waals surface area contributed by atoms with Crippen molar-refractivity contribution in [3.05, 3.63) is 12.7 Å². The van der Waals surface area contributed by atoms with Gasteiger partial charge >= 0.3 is 5.97 Å². The minimum Gasteiger partial charge on any atom is -0.465 e. The average molecular weight is 296 g/mol. The number of esters is 1. The Hall–Kier alpha value is -0.0600. The fourth-order valence-electron chi connectivity index (χ4n) is 0.670. The molecule has 0 aliphatic carbocycles. The zero-order valence-electron chi connectivity index (χ0n) is 8.47. The average Bonchev–Trinajstić information content (AvgIpc) is 2.01. The number of rotatable bonds is 4. The molecule has 0 fully saturated rings. The van der Waals surface area contributed by atoms with Gasteiger partial charge in [-0.2, -0.15) is 0 Å². The van der Waals surface area contributed by atoms with Crippen LogP contribution in [0.25, 0.3) is 0 Å². The van der Waals surface area contributed by atoms with E-state index in [-0.39, 0.29) is 15.3 Å². The number of carbonyl (C=O) groups is 1. The van der Waals surface area contributed by atoms with E-state index in [0.717, 1.165) is 6.42 Å². The highest BCUT2D eigenvalue weighted by molar-refractivity contribution is 14.1. The van der Waals surface area contributed by atoms with Crippen LogP contribution in [0.4, 0.5) is 0 Å². The Bertz CT molecular complexity index is 182. The first-order chi connectivity index (χ1) is 5.89. The molecule has 1 unspecified atom stereocenters. The predicted molar refractivity (Wildman–Crippen MR) is 63.0 cm³/mol. The summed E-state index contributed by atoms with van der Waals surface area (Å²) in [6.45, 7) is 10.1. The van der Waals surface area contributed by atoms with Crippen LogP contribution < -0.4 is 0 Å². The van der Waals surface area contributed by atoms with Gasteiger partial charge in [0.2, 0.25) is 0 Å². The smallest absolute Gasteiger partial charge is 0.319 e. The largest absolute Gasteiger partial charge is 0.465 e. The van der Waals surface area contributed by atoms with Gasteiger partial charge < -0.3 is 4.74 Å². The summed E-state index contributed by atoms with van der Waals surface area (Å²) in [5.74, 6) is -0.130. The van der Waals surface area contributed by atoms with Gasteiger partial charge in [-0.15, -0.1) is 6.58 Å². The van der Waals surface area contributed by atoms with E-state index in [1.54, 1.807) is 6.08 Å².